The van der Waals surface area contributed by atoms with Crippen molar-refractivity contribution < 1.29 is 57.5 Å². The Morgan fingerprint density at radius 1 is 0.911 bits per heavy atom. The van der Waals surface area contributed by atoms with Gasteiger partial charge in [0.05, 0.1) is 23.5 Å². The Kier molecular flexibility index (Phi) is 15.7. The smallest absolute Gasteiger partial charge is 0.328 e. The first-order valence-corrected chi connectivity index (χ1v) is 17.4. The van der Waals surface area contributed by atoms with Gasteiger partial charge in [0.15, 0.2) is 0 Å². The zero-order chi connectivity index (χ0) is 41.7. The number of hydrogen-bond acceptors (Lipinski definition) is 12. The van der Waals surface area contributed by atoms with Crippen molar-refractivity contribution in [2.45, 2.75) is 82.6 Å². The van der Waals surface area contributed by atoms with E-state index in [-0.39, 0.29) is 31.6 Å². The molecule has 0 spiro atoms. The lowest BCUT2D eigenvalue weighted by molar-refractivity contribution is -0.384. The second kappa shape index (κ2) is 20.1. The Balaban J connectivity index is 1.88. The van der Waals surface area contributed by atoms with Crippen LogP contribution in [0.25, 0.3) is 0 Å². The number of halogens is 1. The van der Waals surface area contributed by atoms with Crippen molar-refractivity contribution in [3.8, 4) is 5.75 Å². The molecule has 1 fully saturated rings. The number of carbonyl (C=O) groups is 8. The molecule has 0 aliphatic carbocycles. The molecule has 2 aromatic carbocycles. The van der Waals surface area contributed by atoms with Gasteiger partial charge in [0.1, 0.15) is 41.8 Å². The molecule has 2 aromatic rings. The van der Waals surface area contributed by atoms with E-state index in [2.05, 4.69) is 26.6 Å². The number of phenolic OH excluding ortho intramolecular Hbond substituents is 1. The number of carbonyl (C=O) groups excluding carboxylic acids is 8. The van der Waals surface area contributed by atoms with Crippen LogP contribution in [0.4, 0.5) is 10.1 Å². The summed E-state index contributed by atoms with van der Waals surface area (Å²) in [6, 6.07) is 0.508. The molecule has 21 heteroatoms. The molecule has 0 saturated carbocycles. The lowest BCUT2D eigenvalue weighted by Gasteiger charge is -2.29. The van der Waals surface area contributed by atoms with Crippen LogP contribution >= 0.6 is 0 Å². The number of esters is 1. The third-order valence-electron chi connectivity index (χ3n) is 8.80. The number of cyclic esters (lactones) is 1. The molecule has 6 atom stereocenters. The molecule has 0 radical (unpaired) electrons. The van der Waals surface area contributed by atoms with Crippen LogP contribution in [-0.2, 0) is 44.7 Å². The Morgan fingerprint density at radius 2 is 1.55 bits per heavy atom. The van der Waals surface area contributed by atoms with E-state index in [0.717, 1.165) is 6.07 Å². The summed E-state index contributed by atoms with van der Waals surface area (Å²) >= 11 is 0. The fourth-order valence-electron chi connectivity index (χ4n) is 5.47. The predicted octanol–water partition coefficient (Wildman–Crippen LogP) is -1.15. The van der Waals surface area contributed by atoms with Gasteiger partial charge in [-0.2, -0.15) is 0 Å². The number of amides is 7. The minimum Gasteiger partial charge on any atom is -0.508 e. The maximum Gasteiger partial charge on any atom is 0.328 e. The number of hydrogen-bond donors (Lipinski definition) is 8. The molecule has 7 amide bonds. The van der Waals surface area contributed by atoms with Gasteiger partial charge < -0.3 is 47.9 Å². The summed E-state index contributed by atoms with van der Waals surface area (Å²) in [5, 5.41) is 33.0. The van der Waals surface area contributed by atoms with Gasteiger partial charge in [-0.15, -0.1) is 0 Å². The first-order valence-electron chi connectivity index (χ1n) is 17.4. The van der Waals surface area contributed by atoms with E-state index in [1.807, 2.05) is 0 Å². The van der Waals surface area contributed by atoms with E-state index in [4.69, 9.17) is 16.2 Å². The average Bonchev–Trinajstić information content (AvgIpc) is 3.54. The van der Waals surface area contributed by atoms with Crippen LogP contribution in [0.5, 0.6) is 5.75 Å². The van der Waals surface area contributed by atoms with Crippen LogP contribution in [0, 0.1) is 21.8 Å². The van der Waals surface area contributed by atoms with Crippen LogP contribution in [0.15, 0.2) is 42.5 Å². The number of phenols is 1. The molecule has 1 saturated heterocycles. The van der Waals surface area contributed by atoms with Gasteiger partial charge in [0.25, 0.3) is 11.6 Å². The highest BCUT2D eigenvalue weighted by Gasteiger charge is 2.36. The second-order valence-corrected chi connectivity index (χ2v) is 13.0. The maximum atomic E-state index is 14.7. The quantitative estimate of drug-likeness (QED) is 0.0449. The molecule has 0 aromatic heterocycles. The Bertz CT molecular complexity index is 1840. The van der Waals surface area contributed by atoms with E-state index in [1.54, 1.807) is 13.8 Å². The van der Waals surface area contributed by atoms with Crippen molar-refractivity contribution in [3.05, 3.63) is 69.5 Å². The van der Waals surface area contributed by atoms with Gasteiger partial charge in [-0.1, -0.05) is 32.4 Å². The third-order valence-corrected chi connectivity index (χ3v) is 8.80. The molecule has 20 nitrogen and oxygen atoms in total. The minimum atomic E-state index is -1.62. The number of aromatic hydroxyl groups is 1. The summed E-state index contributed by atoms with van der Waals surface area (Å²) in [7, 11) is 0. The fraction of sp³-hybridized carbons (Fsp3) is 0.429. The molecule has 302 valence electrons. The highest BCUT2D eigenvalue weighted by Crippen LogP contribution is 2.19. The first kappa shape index (κ1) is 43.7. The lowest BCUT2D eigenvalue weighted by atomic mass is 9.96. The van der Waals surface area contributed by atoms with Crippen LogP contribution in [0.2, 0.25) is 0 Å². The minimum absolute atomic E-state index is 0.0338. The van der Waals surface area contributed by atoms with Crippen LogP contribution < -0.4 is 38.1 Å². The van der Waals surface area contributed by atoms with E-state index < -0.39 is 125 Å². The molecular formula is C35H43FN8O12. The second-order valence-electron chi connectivity index (χ2n) is 13.0. The number of ether oxygens (including phenoxy) is 1. The monoisotopic (exact) mass is 786 g/mol. The summed E-state index contributed by atoms with van der Waals surface area (Å²) in [6.07, 6.45) is -1.41. The molecule has 0 bridgehead atoms. The number of benzene rings is 2. The Labute approximate surface area is 318 Å². The SMILES string of the molecule is CC[C@H](C)[C@H](NC(=O)[C@H](Cc1ccc(O)cc1)NC(=O)c1cc([N+](=O)[O-])ccc1F)C(=O)N[C@@H](CCC(N)=O)C(=O)N[C@@H](CC(N)=O)C(=O)N[C@@H]1CCOC1=O. The predicted molar refractivity (Wildman–Crippen MR) is 191 cm³/mol. The number of nitro groups is 1. The van der Waals surface area contributed by atoms with Gasteiger partial charge in [0, 0.05) is 31.4 Å². The van der Waals surface area contributed by atoms with Crippen molar-refractivity contribution in [1.82, 2.24) is 26.6 Å². The molecule has 10 N–H and O–H groups in total. The van der Waals surface area contributed by atoms with Crippen molar-refractivity contribution in [2.24, 2.45) is 17.4 Å². The molecule has 1 aliphatic heterocycles. The Morgan fingerprint density at radius 3 is 2.12 bits per heavy atom. The molecule has 56 heavy (non-hydrogen) atoms. The zero-order valence-electron chi connectivity index (χ0n) is 30.4. The van der Waals surface area contributed by atoms with Gasteiger partial charge in [-0.3, -0.25) is 43.7 Å². The number of nitrogens with one attached hydrogen (secondary N) is 5. The van der Waals surface area contributed by atoms with E-state index >= 15 is 0 Å². The van der Waals surface area contributed by atoms with Gasteiger partial charge in [0.2, 0.25) is 35.4 Å². The van der Waals surface area contributed by atoms with Gasteiger partial charge in [-0.25, -0.2) is 9.18 Å². The summed E-state index contributed by atoms with van der Waals surface area (Å²) < 4.78 is 19.5. The third kappa shape index (κ3) is 12.7. The molecule has 3 rings (SSSR count). The summed E-state index contributed by atoms with van der Waals surface area (Å²) in [4.78, 5) is 113. The van der Waals surface area contributed by atoms with Crippen LogP contribution in [0.3, 0.4) is 0 Å². The van der Waals surface area contributed by atoms with Crippen molar-refractivity contribution >= 4 is 53.0 Å². The molecule has 0 unspecified atom stereocenters. The van der Waals surface area contributed by atoms with E-state index in [0.29, 0.717) is 17.7 Å². The van der Waals surface area contributed by atoms with Crippen molar-refractivity contribution in [1.29, 1.82) is 0 Å². The van der Waals surface area contributed by atoms with Crippen molar-refractivity contribution in [3.63, 3.8) is 0 Å². The largest absolute Gasteiger partial charge is 0.508 e. The number of nitrogens with zero attached hydrogens (tertiary/aromatic N) is 1. The van der Waals surface area contributed by atoms with Gasteiger partial charge in [-0.05, 0) is 36.1 Å². The standard InChI is InChI=1S/C35H43FN8O12/c1-3-17(2)29(34(52)39-23(10-11-27(37)46)31(49)42-26(16-28(38)47)32(50)40-24-12-13-56-35(24)53)43-33(51)25(14-18-4-7-20(45)8-5-18)41-30(48)21-15-19(44(54)55)6-9-22(21)36/h4-9,15,17,23-26,29,45H,3,10-14,16H2,1-2H3,(H2,37,46)(H2,38,47)(H,39,52)(H,40,50)(H,41,48)(H,42,49)(H,43,51)/t17-,23-,24+,25-,26-,29-/m0/s1. The number of rotatable bonds is 20. The lowest BCUT2D eigenvalue weighted by Crippen LogP contribution is -2.60. The number of primary amides is 2. The van der Waals surface area contributed by atoms with Crippen LogP contribution in [0.1, 0.15) is 61.9 Å². The molecule has 1 heterocycles. The first-order chi connectivity index (χ1) is 26.4. The highest BCUT2D eigenvalue weighted by molar-refractivity contribution is 6.00. The van der Waals surface area contributed by atoms with E-state index in [1.165, 1.54) is 24.3 Å². The summed E-state index contributed by atoms with van der Waals surface area (Å²) in [5.41, 5.74) is 9.63. The summed E-state index contributed by atoms with van der Waals surface area (Å²) in [5.74, 6) is -9.62. The Hall–Kier alpha value is -6.67. The molecule has 1 aliphatic rings. The number of non-ortho nitro benzene ring substituents is 1. The highest BCUT2D eigenvalue weighted by atomic mass is 19.1. The fourth-order valence-corrected chi connectivity index (χ4v) is 5.47. The normalized spacial score (nSPS) is 16.1. The average molecular weight is 787 g/mol. The van der Waals surface area contributed by atoms with E-state index in [9.17, 15) is 58.0 Å². The van der Waals surface area contributed by atoms with Gasteiger partial charge >= 0.3 is 5.97 Å². The maximum absolute atomic E-state index is 14.7. The zero-order valence-corrected chi connectivity index (χ0v) is 30.4. The van der Waals surface area contributed by atoms with Crippen molar-refractivity contribution in [2.75, 3.05) is 6.61 Å². The summed E-state index contributed by atoms with van der Waals surface area (Å²) in [6.45, 7) is 3.30. The topological polar surface area (TPSA) is 321 Å². The number of nitro benzene ring substituents is 1. The molecular weight excluding hydrogens is 743 g/mol. The number of nitrogens with two attached hydrogens (primary N) is 2. The van der Waals surface area contributed by atoms with Crippen LogP contribution in [-0.4, -0.2) is 94.2 Å².